The van der Waals surface area contributed by atoms with Gasteiger partial charge in [0, 0.05) is 0 Å². The minimum absolute atomic E-state index is 0.0839. The van der Waals surface area contributed by atoms with Crippen LogP contribution >= 0.6 is 0 Å². The minimum Gasteiger partial charge on any atom is -0.569 e. The van der Waals surface area contributed by atoms with Crippen LogP contribution in [0.4, 0.5) is 4.79 Å². The first-order valence-corrected chi connectivity index (χ1v) is 4.36. The Labute approximate surface area is 96.5 Å². The van der Waals surface area contributed by atoms with E-state index in [9.17, 15) is 14.8 Å². The van der Waals surface area contributed by atoms with Gasteiger partial charge in [0.15, 0.2) is 6.04 Å². The van der Waals surface area contributed by atoms with Crippen molar-refractivity contribution in [1.29, 1.82) is 0 Å². The number of methoxy groups -OCH3 is 1. The van der Waals surface area contributed by atoms with Gasteiger partial charge in [-0.15, -0.1) is 5.01 Å². The number of nitrogens with zero attached hydrogens (tertiary/aromatic N) is 3. The third kappa shape index (κ3) is 5.39. The van der Waals surface area contributed by atoms with E-state index in [1.54, 1.807) is 0 Å². The second-order valence-corrected chi connectivity index (χ2v) is 2.77. The molecule has 0 aromatic carbocycles. The topological polar surface area (TPSA) is 124 Å². The summed E-state index contributed by atoms with van der Waals surface area (Å²) in [6, 6.07) is -1.08. The fraction of sp³-hybridized carbons (Fsp3) is 0.714. The molecule has 0 aromatic rings. The molecular formula is C7H13N3O7. The highest BCUT2D eigenvalue weighted by atomic mass is 16.8. The van der Waals surface area contributed by atoms with Crippen molar-refractivity contribution >= 4 is 12.1 Å². The van der Waals surface area contributed by atoms with Crippen LogP contribution < -0.4 is 0 Å². The molecular weight excluding hydrogens is 238 g/mol. The van der Waals surface area contributed by atoms with Crippen LogP contribution in [0.2, 0.25) is 0 Å². The third-order valence-electron chi connectivity index (χ3n) is 1.71. The number of carbonyl (C=O) groups excluding carboxylic acids is 1. The standard InChI is InChI=1S/C7H13N3O7/c1-5(6(11)12)9(2)10(14)8-17-4-16-7(13)15-3/h5H,4H2,1-3H3,(H,11,12)/b10-8-/t5-/m0/s1. The molecule has 0 aliphatic rings. The molecule has 0 bridgehead atoms. The molecule has 0 unspecified atom stereocenters. The molecule has 0 radical (unpaired) electrons. The van der Waals surface area contributed by atoms with Crippen molar-refractivity contribution in [3.05, 3.63) is 5.21 Å². The Morgan fingerprint density at radius 1 is 1.59 bits per heavy atom. The second-order valence-electron chi connectivity index (χ2n) is 2.77. The summed E-state index contributed by atoms with van der Waals surface area (Å²) >= 11 is 0. The van der Waals surface area contributed by atoms with E-state index in [1.807, 2.05) is 0 Å². The quantitative estimate of drug-likeness (QED) is 0.174. The molecule has 0 saturated carbocycles. The first-order valence-electron chi connectivity index (χ1n) is 4.36. The number of carboxylic acids is 1. The second kappa shape index (κ2) is 7.09. The molecule has 0 amide bonds. The summed E-state index contributed by atoms with van der Waals surface area (Å²) in [5.74, 6) is -1.20. The Balaban J connectivity index is 4.08. The Kier molecular flexibility index (Phi) is 6.14. The lowest BCUT2D eigenvalue weighted by Crippen LogP contribution is -2.40. The van der Waals surface area contributed by atoms with Gasteiger partial charge in [0.2, 0.25) is 5.28 Å². The zero-order chi connectivity index (χ0) is 13.4. The van der Waals surface area contributed by atoms with E-state index in [0.717, 1.165) is 12.1 Å². The Bertz CT molecular complexity index is 306. The molecule has 0 aliphatic carbocycles. The van der Waals surface area contributed by atoms with Gasteiger partial charge in [-0.25, -0.2) is 9.59 Å². The van der Waals surface area contributed by atoms with Crippen LogP contribution in [0.25, 0.3) is 0 Å². The molecule has 0 spiro atoms. The van der Waals surface area contributed by atoms with Gasteiger partial charge in [-0.05, 0) is 6.92 Å². The van der Waals surface area contributed by atoms with Crippen LogP contribution in [0.1, 0.15) is 6.92 Å². The highest BCUT2D eigenvalue weighted by molar-refractivity contribution is 5.72. The maximum atomic E-state index is 11.1. The Morgan fingerprint density at radius 3 is 2.65 bits per heavy atom. The smallest absolute Gasteiger partial charge is 0.510 e. The number of hydrazine groups is 1. The number of hydrogen-bond donors (Lipinski definition) is 1. The summed E-state index contributed by atoms with van der Waals surface area (Å²) in [6.45, 7) is 0.661. The Morgan fingerprint density at radius 2 is 2.18 bits per heavy atom. The molecule has 98 valence electrons. The molecule has 17 heavy (non-hydrogen) atoms. The van der Waals surface area contributed by atoms with Crippen LogP contribution in [0, 0.1) is 5.21 Å². The average Bonchev–Trinajstić information content (AvgIpc) is 2.31. The number of hydrogen-bond acceptors (Lipinski definition) is 7. The highest BCUT2D eigenvalue weighted by Gasteiger charge is 2.23. The van der Waals surface area contributed by atoms with E-state index in [0.29, 0.717) is 0 Å². The van der Waals surface area contributed by atoms with Crippen molar-refractivity contribution in [1.82, 2.24) is 5.01 Å². The molecule has 0 aromatic heterocycles. The summed E-state index contributed by atoms with van der Waals surface area (Å²) in [5.41, 5.74) is 0. The fourth-order valence-corrected chi connectivity index (χ4v) is 0.572. The van der Waals surface area contributed by atoms with Gasteiger partial charge in [-0.2, -0.15) is 0 Å². The maximum Gasteiger partial charge on any atom is 0.510 e. The van der Waals surface area contributed by atoms with Gasteiger partial charge < -0.3 is 24.6 Å². The molecule has 1 N–H and O–H groups in total. The lowest BCUT2D eigenvalue weighted by atomic mass is 10.3. The van der Waals surface area contributed by atoms with Crippen molar-refractivity contribution in [3.8, 4) is 0 Å². The monoisotopic (exact) mass is 251 g/mol. The molecule has 0 rings (SSSR count). The average molecular weight is 251 g/mol. The van der Waals surface area contributed by atoms with Crippen molar-refractivity contribution in [2.24, 2.45) is 5.28 Å². The third-order valence-corrected chi connectivity index (χ3v) is 1.71. The van der Waals surface area contributed by atoms with Crippen LogP contribution in [0.15, 0.2) is 5.28 Å². The summed E-state index contributed by atoms with van der Waals surface area (Å²) in [5, 5.41) is 23.4. The van der Waals surface area contributed by atoms with Gasteiger partial charge in [-0.1, -0.05) is 0 Å². The number of likely N-dealkylation sites (N-methyl/N-ethyl adjacent to an activating group) is 1. The predicted molar refractivity (Wildman–Crippen MR) is 50.4 cm³/mol. The summed E-state index contributed by atoms with van der Waals surface area (Å²) in [6.07, 6.45) is -0.995. The van der Waals surface area contributed by atoms with E-state index in [1.165, 1.54) is 14.0 Å². The predicted octanol–water partition coefficient (Wildman–Crippen LogP) is -0.0591. The number of aliphatic carboxylic acids is 1. The van der Waals surface area contributed by atoms with Gasteiger partial charge >= 0.3 is 12.1 Å². The van der Waals surface area contributed by atoms with E-state index in [4.69, 9.17) is 5.11 Å². The normalized spacial score (nSPS) is 12.5. The number of rotatable bonds is 6. The largest absolute Gasteiger partial charge is 0.569 e. The SMILES string of the molecule is COC(=O)OCO/N=[N+](\[O-])N(C)[C@@H](C)C(=O)O. The van der Waals surface area contributed by atoms with Crippen LogP contribution in [-0.2, 0) is 19.1 Å². The highest BCUT2D eigenvalue weighted by Crippen LogP contribution is 1.97. The molecule has 0 heterocycles. The lowest BCUT2D eigenvalue weighted by molar-refractivity contribution is -0.710. The van der Waals surface area contributed by atoms with Crippen LogP contribution in [-0.4, -0.2) is 54.2 Å². The number of carbonyl (C=O) groups is 2. The Hall–Kier alpha value is -2.26. The van der Waals surface area contributed by atoms with Gasteiger partial charge in [0.1, 0.15) is 0 Å². The van der Waals surface area contributed by atoms with Crippen molar-refractivity contribution in [3.63, 3.8) is 0 Å². The first-order chi connectivity index (χ1) is 7.90. The number of carboxylic acid groups (broad SMARTS) is 1. The zero-order valence-electron chi connectivity index (χ0n) is 9.52. The molecule has 10 nitrogen and oxygen atoms in total. The van der Waals surface area contributed by atoms with Gasteiger partial charge in [-0.3, -0.25) is 0 Å². The molecule has 0 aliphatic heterocycles. The van der Waals surface area contributed by atoms with E-state index >= 15 is 0 Å². The first kappa shape index (κ1) is 14.7. The number of ether oxygens (including phenoxy) is 2. The zero-order valence-corrected chi connectivity index (χ0v) is 9.52. The van der Waals surface area contributed by atoms with Crippen molar-refractivity contribution in [2.45, 2.75) is 13.0 Å². The minimum atomic E-state index is -1.20. The van der Waals surface area contributed by atoms with Gasteiger partial charge in [0.25, 0.3) is 6.79 Å². The summed E-state index contributed by atoms with van der Waals surface area (Å²) < 4.78 is 8.36. The van der Waals surface area contributed by atoms with Crippen molar-refractivity contribution < 1.29 is 34.0 Å². The molecule has 0 fully saturated rings. The molecule has 0 saturated heterocycles. The van der Waals surface area contributed by atoms with Gasteiger partial charge in [0.05, 0.1) is 19.1 Å². The van der Waals surface area contributed by atoms with Crippen LogP contribution in [0.5, 0.6) is 0 Å². The summed E-state index contributed by atoms with van der Waals surface area (Å²) in [7, 11) is 2.31. The van der Waals surface area contributed by atoms with E-state index in [2.05, 4.69) is 19.6 Å². The maximum absolute atomic E-state index is 11.1. The van der Waals surface area contributed by atoms with E-state index < -0.39 is 25.0 Å². The van der Waals surface area contributed by atoms with Crippen LogP contribution in [0.3, 0.4) is 0 Å². The van der Waals surface area contributed by atoms with E-state index in [-0.39, 0.29) is 4.97 Å². The fourth-order valence-electron chi connectivity index (χ4n) is 0.572. The molecule has 10 heteroatoms. The lowest BCUT2D eigenvalue weighted by Gasteiger charge is -2.16. The summed E-state index contributed by atoms with van der Waals surface area (Å²) in [4.78, 5) is 25.2. The molecule has 1 atom stereocenters. The van der Waals surface area contributed by atoms with Crippen molar-refractivity contribution in [2.75, 3.05) is 21.0 Å².